The number of nitrogens with zero attached hydrogens (tertiary/aromatic N) is 3. The fourth-order valence-electron chi connectivity index (χ4n) is 3.23. The third-order valence-electron chi connectivity index (χ3n) is 4.45. The van der Waals surface area contributed by atoms with Gasteiger partial charge in [-0.25, -0.2) is 4.79 Å². The average Bonchev–Trinajstić information content (AvgIpc) is 3.40. The molecular weight excluding hydrogens is 380 g/mol. The molecule has 0 saturated carbocycles. The van der Waals surface area contributed by atoms with Crippen molar-refractivity contribution in [1.82, 2.24) is 18.5 Å². The Hall–Kier alpha value is -2.45. The van der Waals surface area contributed by atoms with Crippen LogP contribution in [0.3, 0.4) is 0 Å². The van der Waals surface area contributed by atoms with Crippen molar-refractivity contribution >= 4 is 33.9 Å². The first-order chi connectivity index (χ1) is 13.1. The molecule has 0 unspecified atom stereocenters. The lowest BCUT2D eigenvalue weighted by molar-refractivity contribution is 0.558. The van der Waals surface area contributed by atoms with Gasteiger partial charge in [-0.3, -0.25) is 13.9 Å². The van der Waals surface area contributed by atoms with Gasteiger partial charge < -0.3 is 4.98 Å². The van der Waals surface area contributed by atoms with Crippen molar-refractivity contribution in [2.24, 2.45) is 0 Å². The highest BCUT2D eigenvalue weighted by Crippen LogP contribution is 2.32. The molecule has 0 aliphatic heterocycles. The fraction of sp³-hybridized carbons (Fsp3) is 0.316. The van der Waals surface area contributed by atoms with Crippen LogP contribution in [0.4, 0.5) is 0 Å². The van der Waals surface area contributed by atoms with Crippen molar-refractivity contribution in [3.05, 3.63) is 50.5 Å². The Morgan fingerprint density at radius 2 is 1.85 bits per heavy atom. The summed E-state index contributed by atoms with van der Waals surface area (Å²) in [6, 6.07) is 7.98. The number of fused-ring (bicyclic) bond motifs is 1. The zero-order valence-corrected chi connectivity index (χ0v) is 16.8. The first-order valence-electron chi connectivity index (χ1n) is 9.01. The molecule has 0 aromatic carbocycles. The van der Waals surface area contributed by atoms with Gasteiger partial charge in [-0.1, -0.05) is 19.9 Å². The van der Waals surface area contributed by atoms with Crippen molar-refractivity contribution in [2.45, 2.75) is 39.8 Å². The van der Waals surface area contributed by atoms with E-state index in [4.69, 9.17) is 0 Å². The van der Waals surface area contributed by atoms with Gasteiger partial charge in [0.25, 0.3) is 5.56 Å². The summed E-state index contributed by atoms with van der Waals surface area (Å²) >= 11 is 3.11. The van der Waals surface area contributed by atoms with E-state index < -0.39 is 0 Å². The zero-order chi connectivity index (χ0) is 19.0. The lowest BCUT2D eigenvalue weighted by atomic mass is 10.2. The molecule has 0 aliphatic carbocycles. The first kappa shape index (κ1) is 17.9. The maximum Gasteiger partial charge on any atom is 0.331 e. The summed E-state index contributed by atoms with van der Waals surface area (Å²) in [4.78, 5) is 31.1. The molecule has 0 amide bonds. The number of hydrogen-bond acceptors (Lipinski definition) is 5. The largest absolute Gasteiger partial charge is 0.347 e. The Bertz CT molecular complexity index is 1190. The van der Waals surface area contributed by atoms with E-state index in [0.29, 0.717) is 24.1 Å². The number of rotatable bonds is 6. The van der Waals surface area contributed by atoms with Crippen LogP contribution < -0.4 is 11.2 Å². The van der Waals surface area contributed by atoms with Gasteiger partial charge in [-0.05, 0) is 48.0 Å². The van der Waals surface area contributed by atoms with Crippen molar-refractivity contribution in [1.29, 1.82) is 0 Å². The minimum absolute atomic E-state index is 0.237. The molecule has 140 valence electrons. The van der Waals surface area contributed by atoms with Gasteiger partial charge in [0.2, 0.25) is 0 Å². The third-order valence-corrected chi connectivity index (χ3v) is 6.31. The summed E-state index contributed by atoms with van der Waals surface area (Å²) in [5, 5.41) is 2.04. The highest BCUT2D eigenvalue weighted by molar-refractivity contribution is 7.18. The molecule has 8 heteroatoms. The maximum atomic E-state index is 12.8. The molecule has 0 bridgehead atoms. The molecule has 6 nitrogen and oxygen atoms in total. The average molecular weight is 401 g/mol. The number of hydrogen-bond donors (Lipinski definition) is 1. The standard InChI is InChI=1S/C19H20N4O2S2/c1-3-7-22-14-10-12(13-11-16(27-21-13)15-6-5-9-26-15)20-17(14)18(24)23(8-4-2)19(22)25/h5-6,9-11,20H,3-4,7-8H2,1-2H3. The zero-order valence-electron chi connectivity index (χ0n) is 15.2. The number of nitrogens with one attached hydrogen (secondary N) is 1. The minimum atomic E-state index is -0.260. The molecule has 0 saturated heterocycles. The van der Waals surface area contributed by atoms with E-state index in [2.05, 4.69) is 15.4 Å². The first-order valence-corrected chi connectivity index (χ1v) is 10.7. The van der Waals surface area contributed by atoms with Gasteiger partial charge in [0.15, 0.2) is 0 Å². The van der Waals surface area contributed by atoms with Crippen LogP contribution in [0.2, 0.25) is 0 Å². The van der Waals surface area contributed by atoms with Crippen LogP contribution in [0.5, 0.6) is 0 Å². The smallest absolute Gasteiger partial charge is 0.331 e. The summed E-state index contributed by atoms with van der Waals surface area (Å²) in [6.45, 7) is 4.98. The normalized spacial score (nSPS) is 11.5. The maximum absolute atomic E-state index is 12.8. The molecule has 0 aliphatic rings. The van der Waals surface area contributed by atoms with Crippen LogP contribution in [0.15, 0.2) is 39.2 Å². The second-order valence-corrected chi connectivity index (χ2v) is 8.14. The van der Waals surface area contributed by atoms with E-state index in [0.717, 1.165) is 29.1 Å². The Kier molecular flexibility index (Phi) is 4.84. The second-order valence-electron chi connectivity index (χ2n) is 6.39. The van der Waals surface area contributed by atoms with Crippen molar-refractivity contribution in [3.8, 4) is 21.1 Å². The predicted molar refractivity (Wildman–Crippen MR) is 112 cm³/mol. The van der Waals surface area contributed by atoms with Crippen molar-refractivity contribution < 1.29 is 0 Å². The summed E-state index contributed by atoms with van der Waals surface area (Å²) in [7, 11) is 0. The second kappa shape index (κ2) is 7.28. The lowest BCUT2D eigenvalue weighted by Gasteiger charge is -2.10. The minimum Gasteiger partial charge on any atom is -0.347 e. The van der Waals surface area contributed by atoms with Crippen molar-refractivity contribution in [2.75, 3.05) is 0 Å². The highest BCUT2D eigenvalue weighted by Gasteiger charge is 2.17. The van der Waals surface area contributed by atoms with Crippen LogP contribution in [0.1, 0.15) is 26.7 Å². The van der Waals surface area contributed by atoms with E-state index in [1.807, 2.05) is 37.4 Å². The van der Waals surface area contributed by atoms with Gasteiger partial charge >= 0.3 is 5.69 Å². The van der Waals surface area contributed by atoms with E-state index in [1.54, 1.807) is 15.9 Å². The predicted octanol–water partition coefficient (Wildman–Crippen LogP) is 4.16. The van der Waals surface area contributed by atoms with E-state index >= 15 is 0 Å². The molecular formula is C19H20N4O2S2. The molecule has 1 N–H and O–H groups in total. The summed E-state index contributed by atoms with van der Waals surface area (Å²) in [5.74, 6) is 0. The number of aryl methyl sites for hydroxylation is 1. The molecule has 4 heterocycles. The van der Waals surface area contributed by atoms with Crippen LogP contribution in [0, 0.1) is 0 Å². The van der Waals surface area contributed by atoms with Crippen LogP contribution in [0.25, 0.3) is 32.2 Å². The molecule has 0 radical (unpaired) electrons. The number of aromatic nitrogens is 4. The Morgan fingerprint density at radius 1 is 1.07 bits per heavy atom. The van der Waals surface area contributed by atoms with E-state index in [-0.39, 0.29) is 11.2 Å². The van der Waals surface area contributed by atoms with Gasteiger partial charge in [0, 0.05) is 18.0 Å². The quantitative estimate of drug-likeness (QED) is 0.528. The Balaban J connectivity index is 1.89. The van der Waals surface area contributed by atoms with Crippen LogP contribution in [-0.2, 0) is 13.1 Å². The summed E-state index contributed by atoms with van der Waals surface area (Å²) < 4.78 is 7.57. The number of H-pyrrole nitrogens is 1. The molecule has 4 aromatic rings. The van der Waals surface area contributed by atoms with E-state index in [1.165, 1.54) is 21.0 Å². The molecule has 0 spiro atoms. The molecule has 27 heavy (non-hydrogen) atoms. The van der Waals surface area contributed by atoms with Gasteiger partial charge in [0.05, 0.1) is 16.1 Å². The van der Waals surface area contributed by atoms with Crippen LogP contribution >= 0.6 is 22.9 Å². The summed E-state index contributed by atoms with van der Waals surface area (Å²) in [6.07, 6.45) is 1.55. The fourth-order valence-corrected chi connectivity index (χ4v) is 4.79. The van der Waals surface area contributed by atoms with E-state index in [9.17, 15) is 9.59 Å². The topological polar surface area (TPSA) is 72.7 Å². The number of thiophene rings is 1. The van der Waals surface area contributed by atoms with Gasteiger partial charge in [0.1, 0.15) is 11.2 Å². The van der Waals surface area contributed by atoms with Gasteiger partial charge in [-0.2, -0.15) is 4.37 Å². The monoisotopic (exact) mass is 400 g/mol. The Labute approximate surface area is 163 Å². The highest BCUT2D eigenvalue weighted by atomic mass is 32.1. The number of aromatic amines is 1. The molecule has 0 atom stereocenters. The molecule has 0 fully saturated rings. The third kappa shape index (κ3) is 3.08. The Morgan fingerprint density at radius 3 is 2.56 bits per heavy atom. The molecule has 4 rings (SSSR count). The SMILES string of the molecule is CCCn1c(=O)c2[nH]c(-c3cc(-c4cccs4)sn3)cc2n(CCC)c1=O. The molecule has 4 aromatic heterocycles. The van der Waals surface area contributed by atoms with Crippen molar-refractivity contribution in [3.63, 3.8) is 0 Å². The van der Waals surface area contributed by atoms with Crippen LogP contribution in [-0.4, -0.2) is 18.5 Å². The summed E-state index contributed by atoms with van der Waals surface area (Å²) in [5.41, 5.74) is 2.18. The van der Waals surface area contributed by atoms with Gasteiger partial charge in [-0.15, -0.1) is 11.3 Å². The lowest BCUT2D eigenvalue weighted by Crippen LogP contribution is -2.39.